The molecule has 1 aromatic rings. The van der Waals surface area contributed by atoms with Gasteiger partial charge in [-0.2, -0.15) is 8.42 Å². The molecule has 0 aliphatic heterocycles. The summed E-state index contributed by atoms with van der Waals surface area (Å²) in [5, 5.41) is 11.8. The number of halogens is 4. The van der Waals surface area contributed by atoms with Crippen molar-refractivity contribution in [1.82, 2.24) is 0 Å². The van der Waals surface area contributed by atoms with Gasteiger partial charge >= 0.3 is 11.9 Å². The summed E-state index contributed by atoms with van der Waals surface area (Å²) >= 11 is 17.5. The van der Waals surface area contributed by atoms with E-state index in [2.05, 4.69) is 9.99 Å². The van der Waals surface area contributed by atoms with Gasteiger partial charge in [0.15, 0.2) is 0 Å². The van der Waals surface area contributed by atoms with Crippen molar-refractivity contribution < 1.29 is 41.3 Å². The molecule has 0 aliphatic carbocycles. The molecule has 14 heteroatoms. The van der Waals surface area contributed by atoms with Crippen LogP contribution in [-0.2, 0) is 33.5 Å². The first-order valence-corrected chi connectivity index (χ1v) is 10.6. The van der Waals surface area contributed by atoms with Crippen LogP contribution < -0.4 is 0 Å². The Hall–Kier alpha value is -1.66. The Balaban J connectivity index is 3.37. The molecule has 0 aromatic heterocycles. The second kappa shape index (κ2) is 11.7. The zero-order valence-corrected chi connectivity index (χ0v) is 18.6. The summed E-state index contributed by atoms with van der Waals surface area (Å²) in [6, 6.07) is 1.97. The van der Waals surface area contributed by atoms with Gasteiger partial charge in [-0.25, -0.2) is 4.39 Å². The lowest BCUT2D eigenvalue weighted by Crippen LogP contribution is -2.39. The van der Waals surface area contributed by atoms with E-state index in [1.165, 1.54) is 0 Å². The van der Waals surface area contributed by atoms with E-state index in [4.69, 9.17) is 48.8 Å². The lowest BCUT2D eigenvalue weighted by molar-refractivity contribution is -0.145. The molecular formula is C16H17Cl3FNO8S. The molecule has 1 rings (SSSR count). The lowest BCUT2D eigenvalue weighted by Gasteiger charge is -2.26. The Bertz CT molecular complexity index is 912. The van der Waals surface area contributed by atoms with Crippen molar-refractivity contribution in [1.29, 1.82) is 0 Å². The molecule has 0 saturated carbocycles. The lowest BCUT2D eigenvalue weighted by atomic mass is 9.94. The summed E-state index contributed by atoms with van der Waals surface area (Å²) in [7, 11) is -3.59. The van der Waals surface area contributed by atoms with Gasteiger partial charge < -0.3 is 14.7 Å². The number of carbonyl (C=O) groups excluding carboxylic acids is 1. The topological polar surface area (TPSA) is 129 Å². The molecule has 0 spiro atoms. The molecule has 0 radical (unpaired) electrons. The Kier molecular flexibility index (Phi) is 10.2. The average Bonchev–Trinajstić information content (AvgIpc) is 2.63. The number of ether oxygens (including phenoxy) is 1. The number of carbonyl (C=O) groups is 2. The van der Waals surface area contributed by atoms with E-state index in [-0.39, 0.29) is 15.1 Å². The first-order chi connectivity index (χ1) is 13.9. The molecule has 0 heterocycles. The smallest absolute Gasteiger partial charge is 0.303 e. The van der Waals surface area contributed by atoms with Crippen molar-refractivity contribution in [2.75, 3.05) is 13.7 Å². The van der Waals surface area contributed by atoms with Crippen LogP contribution in [0.25, 0.3) is 0 Å². The summed E-state index contributed by atoms with van der Waals surface area (Å²) in [5.41, 5.74) is 0. The van der Waals surface area contributed by atoms with E-state index in [0.29, 0.717) is 6.21 Å². The molecule has 0 fully saturated rings. The minimum atomic E-state index is -4.71. The second-order valence-corrected chi connectivity index (χ2v) is 8.49. The monoisotopic (exact) mass is 507 g/mol. The van der Waals surface area contributed by atoms with Gasteiger partial charge in [-0.1, -0.05) is 40.0 Å². The van der Waals surface area contributed by atoms with E-state index in [0.717, 1.165) is 26.2 Å². The maximum Gasteiger partial charge on any atom is 0.303 e. The number of carboxylic acid groups (broad SMARTS) is 1. The molecule has 0 amide bonds. The van der Waals surface area contributed by atoms with E-state index in [9.17, 15) is 22.4 Å². The van der Waals surface area contributed by atoms with Crippen LogP contribution >= 0.6 is 34.8 Å². The first-order valence-electron chi connectivity index (χ1n) is 8.02. The van der Waals surface area contributed by atoms with Crippen LogP contribution in [0, 0.1) is 5.92 Å². The number of hydrogen-bond donors (Lipinski definition) is 1. The third-order valence-electron chi connectivity index (χ3n) is 3.55. The fourth-order valence-electron chi connectivity index (χ4n) is 2.21. The minimum absolute atomic E-state index is 0.0274. The number of hydrogen-bond acceptors (Lipinski definition) is 8. The van der Waals surface area contributed by atoms with Crippen molar-refractivity contribution in [3.8, 4) is 0 Å². The molecule has 3 atom stereocenters. The van der Waals surface area contributed by atoms with E-state index >= 15 is 0 Å². The largest absolute Gasteiger partial charge is 0.481 e. The van der Waals surface area contributed by atoms with Gasteiger partial charge in [0.05, 0.1) is 27.7 Å². The Morgan fingerprint density at radius 3 is 2.37 bits per heavy atom. The maximum atomic E-state index is 14.6. The summed E-state index contributed by atoms with van der Waals surface area (Å²) in [5.74, 6) is -3.92. The molecule has 0 aliphatic rings. The third kappa shape index (κ3) is 7.88. The van der Waals surface area contributed by atoms with Crippen LogP contribution in [0.1, 0.15) is 13.3 Å². The molecule has 0 unspecified atom stereocenters. The quantitative estimate of drug-likeness (QED) is 0.158. The number of rotatable bonds is 11. The number of carboxylic acids is 1. The average molecular weight is 509 g/mol. The predicted molar refractivity (Wildman–Crippen MR) is 106 cm³/mol. The predicted octanol–water partition coefficient (Wildman–Crippen LogP) is 3.35. The van der Waals surface area contributed by atoms with Gasteiger partial charge in [0.1, 0.15) is 30.9 Å². The van der Waals surface area contributed by atoms with E-state index < -0.39 is 58.2 Å². The summed E-state index contributed by atoms with van der Waals surface area (Å²) in [6.45, 7) is 0.250. The SMILES string of the molecule is CON=C[C@H](F)[C@H](CC(=O)O)[C@H](COC(C)=O)OS(=O)(=O)c1cc(Cl)c(Cl)cc1Cl. The molecule has 168 valence electrons. The van der Waals surface area contributed by atoms with Crippen LogP contribution in [-0.4, -0.2) is 57.7 Å². The van der Waals surface area contributed by atoms with Crippen molar-refractivity contribution in [3.05, 3.63) is 27.2 Å². The molecule has 0 saturated heterocycles. The zero-order chi connectivity index (χ0) is 23.1. The number of nitrogens with zero attached hydrogens (tertiary/aromatic N) is 1. The molecular weight excluding hydrogens is 492 g/mol. The highest BCUT2D eigenvalue weighted by atomic mass is 35.5. The molecule has 30 heavy (non-hydrogen) atoms. The first kappa shape index (κ1) is 26.4. The zero-order valence-electron chi connectivity index (χ0n) is 15.6. The fourth-order valence-corrected chi connectivity index (χ4v) is 4.30. The normalized spacial score (nSPS) is 14.9. The van der Waals surface area contributed by atoms with Crippen LogP contribution in [0.2, 0.25) is 15.1 Å². The van der Waals surface area contributed by atoms with Crippen LogP contribution in [0.3, 0.4) is 0 Å². The van der Waals surface area contributed by atoms with Gasteiger partial charge in [-0.05, 0) is 12.1 Å². The highest BCUT2D eigenvalue weighted by Gasteiger charge is 2.37. The second-order valence-electron chi connectivity index (χ2n) is 5.73. The van der Waals surface area contributed by atoms with Gasteiger partial charge in [0.25, 0.3) is 10.1 Å². The van der Waals surface area contributed by atoms with Gasteiger partial charge in [-0.15, -0.1) is 0 Å². The summed E-state index contributed by atoms with van der Waals surface area (Å²) < 4.78 is 49.8. The van der Waals surface area contributed by atoms with E-state index in [1.807, 2.05) is 0 Å². The highest BCUT2D eigenvalue weighted by molar-refractivity contribution is 7.87. The fraction of sp³-hybridized carbons (Fsp3) is 0.438. The van der Waals surface area contributed by atoms with Gasteiger partial charge in [0, 0.05) is 12.8 Å². The number of oxime groups is 1. The van der Waals surface area contributed by atoms with Crippen LogP contribution in [0.15, 0.2) is 22.2 Å². The highest BCUT2D eigenvalue weighted by Crippen LogP contribution is 2.34. The van der Waals surface area contributed by atoms with Crippen molar-refractivity contribution in [3.63, 3.8) is 0 Å². The minimum Gasteiger partial charge on any atom is -0.481 e. The Morgan fingerprint density at radius 2 is 1.83 bits per heavy atom. The number of esters is 1. The molecule has 9 nitrogen and oxygen atoms in total. The third-order valence-corrected chi connectivity index (χ3v) is 6.07. The van der Waals surface area contributed by atoms with E-state index in [1.54, 1.807) is 0 Å². The maximum absolute atomic E-state index is 14.6. The number of benzene rings is 1. The van der Waals surface area contributed by atoms with Crippen LogP contribution in [0.4, 0.5) is 4.39 Å². The number of alkyl halides is 1. The van der Waals surface area contributed by atoms with Gasteiger partial charge in [-0.3, -0.25) is 13.8 Å². The number of aliphatic carboxylic acids is 1. The summed E-state index contributed by atoms with van der Waals surface area (Å²) in [6.07, 6.45) is -4.14. The molecule has 1 aromatic carbocycles. The van der Waals surface area contributed by atoms with Crippen molar-refractivity contribution in [2.24, 2.45) is 11.1 Å². The Labute approximate surface area is 186 Å². The van der Waals surface area contributed by atoms with Gasteiger partial charge in [0.2, 0.25) is 0 Å². The summed E-state index contributed by atoms with van der Waals surface area (Å²) in [4.78, 5) is 26.1. The standard InChI is InChI=1S/C16H17Cl3FNO8S/c1-8(22)28-7-14(9(3-16(23)24)13(20)6-21-27-2)29-30(25,26)15-5-11(18)10(17)4-12(15)19/h4-6,9,13-14H,3,7H2,1-2H3,(H,23,24)/t9-,13-,14-/m0/s1. The van der Waals surface area contributed by atoms with Crippen molar-refractivity contribution >= 4 is 63.1 Å². The Morgan fingerprint density at radius 1 is 1.23 bits per heavy atom. The van der Waals surface area contributed by atoms with Crippen molar-refractivity contribution in [2.45, 2.75) is 30.5 Å². The molecule has 1 N–H and O–H groups in total. The molecule has 0 bridgehead atoms. The van der Waals surface area contributed by atoms with Crippen LogP contribution in [0.5, 0.6) is 0 Å².